The van der Waals surface area contributed by atoms with Gasteiger partial charge in [0.05, 0.1) is 17.8 Å². The van der Waals surface area contributed by atoms with Crippen LogP contribution in [0.25, 0.3) is 11.0 Å². The standard InChI is InChI=1S/C19H24N6O2/c1-12(2)16-22-17(14-10-20-24(3)18(14)23-16)21-13-6-4-8-25(11-13)19(26)15-7-5-9-27-15/h5,7,9-10,12-13H,4,6,8,11H2,1-3H3,(H,21,22,23)/t13-/m0/s1. The summed E-state index contributed by atoms with van der Waals surface area (Å²) in [5, 5.41) is 8.76. The van der Waals surface area contributed by atoms with E-state index in [-0.39, 0.29) is 17.9 Å². The second-order valence-corrected chi connectivity index (χ2v) is 7.30. The van der Waals surface area contributed by atoms with E-state index in [0.717, 1.165) is 42.1 Å². The second kappa shape index (κ2) is 7.02. The second-order valence-electron chi connectivity index (χ2n) is 7.30. The SMILES string of the molecule is CC(C)c1nc(N[C@H]2CCCN(C(=O)c3ccco3)C2)c2cnn(C)c2n1. The van der Waals surface area contributed by atoms with Gasteiger partial charge in [-0.15, -0.1) is 0 Å². The van der Waals surface area contributed by atoms with Crippen molar-refractivity contribution < 1.29 is 9.21 Å². The normalized spacial score (nSPS) is 17.6. The molecule has 8 nitrogen and oxygen atoms in total. The first-order valence-electron chi connectivity index (χ1n) is 9.32. The lowest BCUT2D eigenvalue weighted by Gasteiger charge is -2.33. The fraction of sp³-hybridized carbons (Fsp3) is 0.474. The van der Waals surface area contributed by atoms with Gasteiger partial charge in [0.2, 0.25) is 0 Å². The summed E-state index contributed by atoms with van der Waals surface area (Å²) in [5.74, 6) is 2.10. The monoisotopic (exact) mass is 368 g/mol. The molecule has 8 heteroatoms. The number of hydrogen-bond donors (Lipinski definition) is 1. The molecule has 1 aliphatic heterocycles. The molecule has 0 aliphatic carbocycles. The van der Waals surface area contributed by atoms with Crippen molar-refractivity contribution >= 4 is 22.8 Å². The summed E-state index contributed by atoms with van der Waals surface area (Å²) in [6, 6.07) is 3.56. The third-order valence-corrected chi connectivity index (χ3v) is 4.91. The van der Waals surface area contributed by atoms with Crippen LogP contribution in [0, 0.1) is 0 Å². The van der Waals surface area contributed by atoms with E-state index in [0.29, 0.717) is 12.3 Å². The van der Waals surface area contributed by atoms with Crippen LogP contribution < -0.4 is 5.32 Å². The van der Waals surface area contributed by atoms with Gasteiger partial charge in [-0.3, -0.25) is 9.48 Å². The summed E-state index contributed by atoms with van der Waals surface area (Å²) in [7, 11) is 1.88. The zero-order chi connectivity index (χ0) is 19.0. The van der Waals surface area contributed by atoms with Gasteiger partial charge < -0.3 is 14.6 Å². The Bertz CT molecular complexity index is 947. The number of rotatable bonds is 4. The van der Waals surface area contributed by atoms with Crippen LogP contribution in [0.5, 0.6) is 0 Å². The highest BCUT2D eigenvalue weighted by molar-refractivity contribution is 5.91. The number of amides is 1. The van der Waals surface area contributed by atoms with Gasteiger partial charge in [0.15, 0.2) is 11.4 Å². The Morgan fingerprint density at radius 1 is 1.37 bits per heavy atom. The molecule has 1 N–H and O–H groups in total. The maximum atomic E-state index is 12.6. The predicted octanol–water partition coefficient (Wildman–Crippen LogP) is 2.80. The molecule has 27 heavy (non-hydrogen) atoms. The Morgan fingerprint density at radius 3 is 2.96 bits per heavy atom. The first-order chi connectivity index (χ1) is 13.0. The number of nitrogens with zero attached hydrogens (tertiary/aromatic N) is 5. The van der Waals surface area contributed by atoms with Crippen molar-refractivity contribution in [3.05, 3.63) is 36.2 Å². The number of aromatic nitrogens is 4. The van der Waals surface area contributed by atoms with Gasteiger partial charge in [-0.2, -0.15) is 5.10 Å². The zero-order valence-electron chi connectivity index (χ0n) is 15.8. The number of furan rings is 1. The molecule has 1 fully saturated rings. The van der Waals surface area contributed by atoms with Gasteiger partial charge in [0.1, 0.15) is 11.6 Å². The molecule has 0 aromatic carbocycles. The lowest BCUT2D eigenvalue weighted by molar-refractivity contribution is 0.0682. The van der Waals surface area contributed by atoms with E-state index in [1.807, 2.05) is 11.9 Å². The number of hydrogen-bond acceptors (Lipinski definition) is 6. The van der Waals surface area contributed by atoms with Crippen LogP contribution in [0.15, 0.2) is 29.0 Å². The first kappa shape index (κ1) is 17.5. The Hall–Kier alpha value is -2.90. The highest BCUT2D eigenvalue weighted by Crippen LogP contribution is 2.25. The largest absolute Gasteiger partial charge is 0.459 e. The topological polar surface area (TPSA) is 89.1 Å². The van der Waals surface area contributed by atoms with E-state index in [4.69, 9.17) is 9.40 Å². The molecule has 1 aliphatic rings. The molecule has 142 valence electrons. The van der Waals surface area contributed by atoms with Crippen LogP contribution in [0.4, 0.5) is 5.82 Å². The zero-order valence-corrected chi connectivity index (χ0v) is 15.8. The smallest absolute Gasteiger partial charge is 0.289 e. The van der Waals surface area contributed by atoms with E-state index < -0.39 is 0 Å². The van der Waals surface area contributed by atoms with Crippen LogP contribution in [-0.4, -0.2) is 49.7 Å². The lowest BCUT2D eigenvalue weighted by atomic mass is 10.1. The van der Waals surface area contributed by atoms with Gasteiger partial charge in [-0.25, -0.2) is 9.97 Å². The Kier molecular flexibility index (Phi) is 4.55. The third kappa shape index (κ3) is 3.39. The van der Waals surface area contributed by atoms with Gasteiger partial charge in [-0.1, -0.05) is 13.8 Å². The minimum atomic E-state index is -0.0661. The quantitative estimate of drug-likeness (QED) is 0.762. The van der Waals surface area contributed by atoms with Crippen molar-refractivity contribution in [2.45, 2.75) is 38.6 Å². The van der Waals surface area contributed by atoms with Gasteiger partial charge in [0.25, 0.3) is 5.91 Å². The van der Waals surface area contributed by atoms with Crippen molar-refractivity contribution in [3.63, 3.8) is 0 Å². The molecule has 1 saturated heterocycles. The summed E-state index contributed by atoms with van der Waals surface area (Å²) in [4.78, 5) is 23.8. The maximum Gasteiger partial charge on any atom is 0.289 e. The van der Waals surface area contributed by atoms with Crippen molar-refractivity contribution in [1.82, 2.24) is 24.6 Å². The third-order valence-electron chi connectivity index (χ3n) is 4.91. The van der Waals surface area contributed by atoms with E-state index in [1.165, 1.54) is 6.26 Å². The molecule has 4 heterocycles. The minimum Gasteiger partial charge on any atom is -0.459 e. The first-order valence-corrected chi connectivity index (χ1v) is 9.32. The molecule has 4 rings (SSSR count). The highest BCUT2D eigenvalue weighted by atomic mass is 16.3. The average Bonchev–Trinajstić information content (AvgIpc) is 3.32. The van der Waals surface area contributed by atoms with Crippen LogP contribution in [-0.2, 0) is 7.05 Å². The van der Waals surface area contributed by atoms with E-state index in [1.54, 1.807) is 23.0 Å². The van der Waals surface area contributed by atoms with Crippen LogP contribution >= 0.6 is 0 Å². The predicted molar refractivity (Wildman–Crippen MR) is 102 cm³/mol. The summed E-state index contributed by atoms with van der Waals surface area (Å²) in [5.41, 5.74) is 0.815. The van der Waals surface area contributed by atoms with Crippen molar-refractivity contribution in [2.24, 2.45) is 7.05 Å². The van der Waals surface area contributed by atoms with Crippen molar-refractivity contribution in [1.29, 1.82) is 0 Å². The number of likely N-dealkylation sites (tertiary alicyclic amines) is 1. The van der Waals surface area contributed by atoms with E-state index in [2.05, 4.69) is 29.2 Å². The number of fused-ring (bicyclic) bond motifs is 1. The molecule has 0 bridgehead atoms. The molecule has 3 aromatic rings. The van der Waals surface area contributed by atoms with Crippen molar-refractivity contribution in [3.8, 4) is 0 Å². The van der Waals surface area contributed by atoms with Gasteiger partial charge in [0, 0.05) is 32.1 Å². The molecular formula is C19H24N6O2. The summed E-state index contributed by atoms with van der Waals surface area (Å²) >= 11 is 0. The molecule has 0 saturated carbocycles. The summed E-state index contributed by atoms with van der Waals surface area (Å²) in [6.45, 7) is 5.50. The molecule has 0 unspecified atom stereocenters. The van der Waals surface area contributed by atoms with Crippen LogP contribution in [0.2, 0.25) is 0 Å². The van der Waals surface area contributed by atoms with Crippen LogP contribution in [0.1, 0.15) is 49.0 Å². The maximum absolute atomic E-state index is 12.6. The van der Waals surface area contributed by atoms with E-state index >= 15 is 0 Å². The number of carbonyl (C=O) groups is 1. The Morgan fingerprint density at radius 2 is 2.22 bits per heavy atom. The number of piperidine rings is 1. The Balaban J connectivity index is 1.57. The molecule has 0 radical (unpaired) electrons. The number of anilines is 1. The number of aryl methyl sites for hydroxylation is 1. The minimum absolute atomic E-state index is 0.0661. The lowest BCUT2D eigenvalue weighted by Crippen LogP contribution is -2.45. The van der Waals surface area contributed by atoms with Gasteiger partial charge in [-0.05, 0) is 25.0 Å². The molecular weight excluding hydrogens is 344 g/mol. The molecule has 3 aromatic heterocycles. The summed E-state index contributed by atoms with van der Waals surface area (Å²) in [6.07, 6.45) is 5.23. The molecule has 1 amide bonds. The van der Waals surface area contributed by atoms with Crippen LogP contribution in [0.3, 0.4) is 0 Å². The molecule has 1 atom stereocenters. The van der Waals surface area contributed by atoms with E-state index in [9.17, 15) is 4.79 Å². The molecule has 0 spiro atoms. The van der Waals surface area contributed by atoms with Crippen molar-refractivity contribution in [2.75, 3.05) is 18.4 Å². The fourth-order valence-corrected chi connectivity index (χ4v) is 3.44. The average molecular weight is 368 g/mol. The van der Waals surface area contributed by atoms with Gasteiger partial charge >= 0.3 is 0 Å². The number of carbonyl (C=O) groups excluding carboxylic acids is 1. The summed E-state index contributed by atoms with van der Waals surface area (Å²) < 4.78 is 7.03. The number of nitrogens with one attached hydrogen (secondary N) is 1. The fourth-order valence-electron chi connectivity index (χ4n) is 3.44. The highest BCUT2D eigenvalue weighted by Gasteiger charge is 2.27. The Labute approximate surface area is 157 Å².